The molecule has 1 aliphatic heterocycles. The first-order chi connectivity index (χ1) is 8.98. The lowest BCUT2D eigenvalue weighted by Gasteiger charge is -2.33. The summed E-state index contributed by atoms with van der Waals surface area (Å²) in [7, 11) is 0. The fraction of sp³-hybridized carbons (Fsp3) is 0.500. The van der Waals surface area contributed by atoms with E-state index in [-0.39, 0.29) is 11.3 Å². The molecule has 19 heavy (non-hydrogen) atoms. The maximum atomic E-state index is 12.1. The Kier molecular flexibility index (Phi) is 4.87. The maximum Gasteiger partial charge on any atom is 0.251 e. The molecule has 0 aliphatic carbocycles. The van der Waals surface area contributed by atoms with Crippen LogP contribution in [0.1, 0.15) is 30.1 Å². The van der Waals surface area contributed by atoms with E-state index in [1.54, 1.807) is 18.2 Å². The maximum absolute atomic E-state index is 12.1. The number of amides is 1. The second-order valence-corrected chi connectivity index (χ2v) is 6.62. The molecular weight excluding hydrogens is 330 g/mol. The number of benzene rings is 1. The summed E-state index contributed by atoms with van der Waals surface area (Å²) in [6, 6.07) is 5.21. The number of ether oxygens (including phenoxy) is 1. The van der Waals surface area contributed by atoms with Gasteiger partial charge in [-0.1, -0.05) is 34.5 Å². The topological polar surface area (TPSA) is 38.3 Å². The van der Waals surface area contributed by atoms with Gasteiger partial charge in [0.2, 0.25) is 0 Å². The van der Waals surface area contributed by atoms with E-state index in [4.69, 9.17) is 16.3 Å². The Morgan fingerprint density at radius 2 is 2.11 bits per heavy atom. The SMILES string of the molecule is CC1(CNC(=O)c2cc(Cl)cc(Br)c2)CCOCC1. The molecule has 0 spiro atoms. The van der Waals surface area contributed by atoms with Crippen molar-refractivity contribution in [2.24, 2.45) is 5.41 Å². The van der Waals surface area contributed by atoms with Gasteiger partial charge in [-0.15, -0.1) is 0 Å². The molecule has 1 aromatic carbocycles. The Morgan fingerprint density at radius 1 is 1.42 bits per heavy atom. The van der Waals surface area contributed by atoms with Crippen LogP contribution in [0.3, 0.4) is 0 Å². The molecule has 0 saturated carbocycles. The predicted molar refractivity (Wildman–Crippen MR) is 79.6 cm³/mol. The Morgan fingerprint density at radius 3 is 2.74 bits per heavy atom. The zero-order chi connectivity index (χ0) is 13.9. The van der Waals surface area contributed by atoms with Crippen molar-refractivity contribution in [2.75, 3.05) is 19.8 Å². The fourth-order valence-electron chi connectivity index (χ4n) is 2.12. The summed E-state index contributed by atoms with van der Waals surface area (Å²) in [5, 5.41) is 3.54. The van der Waals surface area contributed by atoms with Crippen LogP contribution in [0.15, 0.2) is 22.7 Å². The molecule has 3 nitrogen and oxygen atoms in total. The van der Waals surface area contributed by atoms with Crippen molar-refractivity contribution in [3.63, 3.8) is 0 Å². The van der Waals surface area contributed by atoms with E-state index in [0.29, 0.717) is 17.1 Å². The van der Waals surface area contributed by atoms with Crippen LogP contribution in [0.4, 0.5) is 0 Å². The third-order valence-corrected chi connectivity index (χ3v) is 4.18. The van der Waals surface area contributed by atoms with Gasteiger partial charge in [-0.2, -0.15) is 0 Å². The lowest BCUT2D eigenvalue weighted by Crippen LogP contribution is -2.39. The molecule has 104 valence electrons. The summed E-state index contributed by atoms with van der Waals surface area (Å²) in [6.45, 7) is 4.40. The van der Waals surface area contributed by atoms with Crippen LogP contribution in [0.2, 0.25) is 5.02 Å². The van der Waals surface area contributed by atoms with Crippen LogP contribution in [-0.2, 0) is 4.74 Å². The van der Waals surface area contributed by atoms with Gasteiger partial charge < -0.3 is 10.1 Å². The predicted octanol–water partition coefficient (Wildman–Crippen LogP) is 3.65. The van der Waals surface area contributed by atoms with Crippen LogP contribution < -0.4 is 5.32 Å². The van der Waals surface area contributed by atoms with Crippen molar-refractivity contribution in [3.05, 3.63) is 33.3 Å². The summed E-state index contributed by atoms with van der Waals surface area (Å²) in [5.41, 5.74) is 0.707. The molecule has 1 fully saturated rings. The Balaban J connectivity index is 1.97. The molecule has 2 rings (SSSR count). The summed E-state index contributed by atoms with van der Waals surface area (Å²) in [6.07, 6.45) is 1.96. The molecule has 1 heterocycles. The van der Waals surface area contributed by atoms with Crippen molar-refractivity contribution < 1.29 is 9.53 Å². The highest BCUT2D eigenvalue weighted by Gasteiger charge is 2.27. The molecule has 0 radical (unpaired) electrons. The van der Waals surface area contributed by atoms with E-state index in [0.717, 1.165) is 30.5 Å². The molecule has 1 amide bonds. The van der Waals surface area contributed by atoms with E-state index >= 15 is 0 Å². The van der Waals surface area contributed by atoms with Gasteiger partial charge in [-0.05, 0) is 36.5 Å². The number of halogens is 2. The third-order valence-electron chi connectivity index (χ3n) is 3.50. The second kappa shape index (κ2) is 6.25. The second-order valence-electron chi connectivity index (χ2n) is 5.26. The smallest absolute Gasteiger partial charge is 0.251 e. The summed E-state index contributed by atoms with van der Waals surface area (Å²) in [4.78, 5) is 12.1. The minimum Gasteiger partial charge on any atom is -0.381 e. The van der Waals surface area contributed by atoms with Crippen molar-refractivity contribution in [1.29, 1.82) is 0 Å². The van der Waals surface area contributed by atoms with Crippen molar-refractivity contribution in [2.45, 2.75) is 19.8 Å². The summed E-state index contributed by atoms with van der Waals surface area (Å²) < 4.78 is 6.16. The number of nitrogens with one attached hydrogen (secondary N) is 1. The molecular formula is C14H17BrClNO2. The number of hydrogen-bond acceptors (Lipinski definition) is 2. The third kappa shape index (κ3) is 4.20. The van der Waals surface area contributed by atoms with Crippen LogP contribution in [0, 0.1) is 5.41 Å². The first-order valence-electron chi connectivity index (χ1n) is 6.31. The van der Waals surface area contributed by atoms with Crippen LogP contribution in [0.25, 0.3) is 0 Å². The molecule has 1 aliphatic rings. The van der Waals surface area contributed by atoms with Crippen LogP contribution >= 0.6 is 27.5 Å². The zero-order valence-electron chi connectivity index (χ0n) is 10.8. The van der Waals surface area contributed by atoms with E-state index in [2.05, 4.69) is 28.2 Å². The Labute approximate surface area is 126 Å². The average molecular weight is 347 g/mol. The van der Waals surface area contributed by atoms with Crippen LogP contribution in [0.5, 0.6) is 0 Å². The van der Waals surface area contributed by atoms with Crippen LogP contribution in [-0.4, -0.2) is 25.7 Å². The van der Waals surface area contributed by atoms with Crippen molar-refractivity contribution in [3.8, 4) is 0 Å². The van der Waals surface area contributed by atoms with E-state index < -0.39 is 0 Å². The first kappa shape index (κ1) is 14.8. The summed E-state index contributed by atoms with van der Waals surface area (Å²) >= 11 is 9.28. The van der Waals surface area contributed by atoms with Gasteiger partial charge in [0.05, 0.1) is 0 Å². The van der Waals surface area contributed by atoms with E-state index in [1.807, 2.05) is 0 Å². The molecule has 1 N–H and O–H groups in total. The molecule has 1 saturated heterocycles. The van der Waals surface area contributed by atoms with Gasteiger partial charge in [0, 0.05) is 34.8 Å². The highest BCUT2D eigenvalue weighted by molar-refractivity contribution is 9.10. The van der Waals surface area contributed by atoms with E-state index in [1.165, 1.54) is 0 Å². The van der Waals surface area contributed by atoms with Gasteiger partial charge in [-0.25, -0.2) is 0 Å². The zero-order valence-corrected chi connectivity index (χ0v) is 13.2. The van der Waals surface area contributed by atoms with Crippen molar-refractivity contribution in [1.82, 2.24) is 5.32 Å². The standard InChI is InChI=1S/C14H17BrClNO2/c1-14(2-4-19-5-3-14)9-17-13(18)10-6-11(15)8-12(16)7-10/h6-8H,2-5,9H2,1H3,(H,17,18). The molecule has 5 heteroatoms. The normalized spacial score (nSPS) is 18.1. The molecule has 0 aromatic heterocycles. The number of carbonyl (C=O) groups excluding carboxylic acids is 1. The highest BCUT2D eigenvalue weighted by Crippen LogP contribution is 2.28. The quantitative estimate of drug-likeness (QED) is 0.907. The minimum absolute atomic E-state index is 0.0871. The first-order valence-corrected chi connectivity index (χ1v) is 7.48. The van der Waals surface area contributed by atoms with Gasteiger partial charge in [0.15, 0.2) is 0 Å². The average Bonchev–Trinajstić information content (AvgIpc) is 2.36. The monoisotopic (exact) mass is 345 g/mol. The summed E-state index contributed by atoms with van der Waals surface area (Å²) in [5.74, 6) is -0.0871. The largest absolute Gasteiger partial charge is 0.381 e. The van der Waals surface area contributed by atoms with Gasteiger partial charge >= 0.3 is 0 Å². The molecule has 0 unspecified atom stereocenters. The van der Waals surface area contributed by atoms with Crippen molar-refractivity contribution >= 4 is 33.4 Å². The van der Waals surface area contributed by atoms with Gasteiger partial charge in [0.25, 0.3) is 5.91 Å². The Hall–Kier alpha value is -0.580. The van der Waals surface area contributed by atoms with Gasteiger partial charge in [-0.3, -0.25) is 4.79 Å². The number of carbonyl (C=O) groups is 1. The lowest BCUT2D eigenvalue weighted by molar-refractivity contribution is 0.0238. The Bertz CT molecular complexity index is 452. The number of hydrogen-bond donors (Lipinski definition) is 1. The lowest BCUT2D eigenvalue weighted by atomic mass is 9.82. The molecule has 0 atom stereocenters. The minimum atomic E-state index is -0.0871. The number of rotatable bonds is 3. The van der Waals surface area contributed by atoms with Gasteiger partial charge in [0.1, 0.15) is 0 Å². The van der Waals surface area contributed by atoms with E-state index in [9.17, 15) is 4.79 Å². The molecule has 0 bridgehead atoms. The highest BCUT2D eigenvalue weighted by atomic mass is 79.9. The molecule has 1 aromatic rings. The fourth-order valence-corrected chi connectivity index (χ4v) is 2.98.